The maximum Gasteiger partial charge on any atom is 0.159 e. The molecule has 0 radical (unpaired) electrons. The van der Waals surface area contributed by atoms with Gasteiger partial charge in [0.05, 0.1) is 22.4 Å². The van der Waals surface area contributed by atoms with Crippen LogP contribution in [0.4, 0.5) is 0 Å². The van der Waals surface area contributed by atoms with Crippen LogP contribution >= 0.6 is 27.9 Å². The Morgan fingerprint density at radius 3 is 2.62 bits per heavy atom. The summed E-state index contributed by atoms with van der Waals surface area (Å²) >= 11 is 4.76. The van der Waals surface area contributed by atoms with E-state index in [1.807, 2.05) is 30.3 Å². The molecule has 0 spiro atoms. The van der Waals surface area contributed by atoms with E-state index in [4.69, 9.17) is 4.42 Å². The molecule has 1 aromatic carbocycles. The standard InChI is InChI=1S/C12H10BrNOS/c13-14-12(11-7-4-8-15-11)16-9-10-5-2-1-3-6-10/h1-8H,9H2. The molecule has 0 amide bonds. The number of rotatable bonds is 3. The van der Waals surface area contributed by atoms with Gasteiger partial charge in [-0.2, -0.15) is 4.02 Å². The van der Waals surface area contributed by atoms with Crippen LogP contribution in [-0.2, 0) is 5.75 Å². The molecule has 0 N–H and O–H groups in total. The van der Waals surface area contributed by atoms with Gasteiger partial charge in [-0.15, -0.1) is 0 Å². The van der Waals surface area contributed by atoms with Gasteiger partial charge < -0.3 is 4.42 Å². The van der Waals surface area contributed by atoms with E-state index in [1.54, 1.807) is 18.0 Å². The summed E-state index contributed by atoms with van der Waals surface area (Å²) in [5.41, 5.74) is 1.27. The number of nitrogens with zero attached hydrogens (tertiary/aromatic N) is 1. The van der Waals surface area contributed by atoms with E-state index < -0.39 is 0 Å². The van der Waals surface area contributed by atoms with Crippen molar-refractivity contribution in [1.29, 1.82) is 0 Å². The first kappa shape index (κ1) is 11.5. The van der Waals surface area contributed by atoms with Crippen LogP contribution in [0.2, 0.25) is 0 Å². The molecule has 0 aliphatic heterocycles. The molecule has 1 aromatic heterocycles. The average Bonchev–Trinajstić information content (AvgIpc) is 2.85. The van der Waals surface area contributed by atoms with E-state index in [0.29, 0.717) is 0 Å². The highest BCUT2D eigenvalue weighted by Crippen LogP contribution is 2.20. The van der Waals surface area contributed by atoms with Gasteiger partial charge in [0.2, 0.25) is 0 Å². The van der Waals surface area contributed by atoms with Gasteiger partial charge in [0.15, 0.2) is 5.76 Å². The van der Waals surface area contributed by atoms with E-state index >= 15 is 0 Å². The van der Waals surface area contributed by atoms with Crippen LogP contribution in [0.3, 0.4) is 0 Å². The average molecular weight is 296 g/mol. The first-order valence-corrected chi connectivity index (χ1v) is 6.49. The summed E-state index contributed by atoms with van der Waals surface area (Å²) in [4.78, 5) is 0. The Balaban J connectivity index is 2.00. The lowest BCUT2D eigenvalue weighted by Gasteiger charge is -2.01. The quantitative estimate of drug-likeness (QED) is 0.624. The SMILES string of the molecule is BrN=C(SCc1ccccc1)c1ccco1. The van der Waals surface area contributed by atoms with Crippen molar-refractivity contribution in [3.05, 3.63) is 60.1 Å². The third kappa shape index (κ3) is 3.00. The van der Waals surface area contributed by atoms with Crippen molar-refractivity contribution in [2.45, 2.75) is 5.75 Å². The van der Waals surface area contributed by atoms with Gasteiger partial charge >= 0.3 is 0 Å². The molecule has 4 heteroatoms. The molecule has 0 aliphatic rings. The summed E-state index contributed by atoms with van der Waals surface area (Å²) in [5.74, 6) is 1.67. The van der Waals surface area contributed by atoms with Crippen molar-refractivity contribution in [1.82, 2.24) is 0 Å². The fourth-order valence-electron chi connectivity index (χ4n) is 1.26. The van der Waals surface area contributed by atoms with Gasteiger partial charge in [-0.05, 0) is 17.7 Å². The van der Waals surface area contributed by atoms with Crippen LogP contribution < -0.4 is 0 Å². The number of benzene rings is 1. The number of furan rings is 1. The minimum Gasteiger partial charge on any atom is -0.462 e. The van der Waals surface area contributed by atoms with E-state index in [2.05, 4.69) is 32.3 Å². The highest BCUT2D eigenvalue weighted by atomic mass is 79.9. The predicted molar refractivity (Wildman–Crippen MR) is 71.9 cm³/mol. The van der Waals surface area contributed by atoms with Crippen LogP contribution in [0, 0.1) is 0 Å². The topological polar surface area (TPSA) is 25.5 Å². The first-order chi connectivity index (χ1) is 7.90. The molecule has 82 valence electrons. The molecule has 0 aliphatic carbocycles. The second kappa shape index (κ2) is 5.92. The van der Waals surface area contributed by atoms with E-state index in [9.17, 15) is 0 Å². The maximum atomic E-state index is 5.29. The lowest BCUT2D eigenvalue weighted by molar-refractivity contribution is 0.560. The van der Waals surface area contributed by atoms with Gasteiger partial charge in [0.25, 0.3) is 0 Å². The van der Waals surface area contributed by atoms with Crippen molar-refractivity contribution < 1.29 is 4.42 Å². The summed E-state index contributed by atoms with van der Waals surface area (Å²) in [5, 5.41) is 0.855. The Labute approximate surface area is 107 Å². The van der Waals surface area contributed by atoms with Gasteiger partial charge in [0.1, 0.15) is 5.04 Å². The molecule has 2 rings (SSSR count). The highest BCUT2D eigenvalue weighted by molar-refractivity contribution is 9.08. The zero-order valence-corrected chi connectivity index (χ0v) is 10.9. The fraction of sp³-hybridized carbons (Fsp3) is 0.0833. The number of thioether (sulfide) groups is 1. The molecule has 0 unspecified atom stereocenters. The second-order valence-electron chi connectivity index (χ2n) is 3.14. The molecule has 2 aromatic rings. The van der Waals surface area contributed by atoms with Crippen molar-refractivity contribution in [3.63, 3.8) is 0 Å². The normalized spacial score (nSPS) is 11.7. The Bertz CT molecular complexity index is 453. The van der Waals surface area contributed by atoms with Crippen LogP contribution in [0.15, 0.2) is 57.2 Å². The molecule has 0 saturated heterocycles. The van der Waals surface area contributed by atoms with E-state index in [1.165, 1.54) is 5.56 Å². The Hall–Kier alpha value is -1.00. The van der Waals surface area contributed by atoms with E-state index in [0.717, 1.165) is 16.6 Å². The van der Waals surface area contributed by atoms with Crippen molar-refractivity contribution in [2.24, 2.45) is 4.02 Å². The molecule has 0 saturated carbocycles. The lowest BCUT2D eigenvalue weighted by atomic mass is 10.2. The predicted octanol–water partition coefficient (Wildman–Crippen LogP) is 4.27. The Kier molecular flexibility index (Phi) is 4.25. The summed E-state index contributed by atoms with van der Waals surface area (Å²) in [6, 6.07) is 14.0. The number of halogens is 1. The van der Waals surface area contributed by atoms with Crippen LogP contribution in [-0.4, -0.2) is 5.04 Å². The smallest absolute Gasteiger partial charge is 0.159 e. The molecule has 0 fully saturated rings. The summed E-state index contributed by atoms with van der Waals surface area (Å²) in [6.07, 6.45) is 1.65. The third-order valence-corrected chi connectivity index (χ3v) is 3.66. The molecular weight excluding hydrogens is 286 g/mol. The molecule has 1 heterocycles. The van der Waals surface area contributed by atoms with Gasteiger partial charge in [-0.1, -0.05) is 42.1 Å². The third-order valence-electron chi connectivity index (χ3n) is 2.03. The fourth-order valence-corrected chi connectivity index (χ4v) is 2.55. The zero-order valence-electron chi connectivity index (χ0n) is 8.47. The van der Waals surface area contributed by atoms with Gasteiger partial charge in [0, 0.05) is 5.75 Å². The zero-order chi connectivity index (χ0) is 11.2. The van der Waals surface area contributed by atoms with E-state index in [-0.39, 0.29) is 0 Å². The largest absolute Gasteiger partial charge is 0.462 e. The van der Waals surface area contributed by atoms with Crippen LogP contribution in [0.5, 0.6) is 0 Å². The number of hydrogen-bond donors (Lipinski definition) is 0. The minimum atomic E-state index is 0.790. The minimum absolute atomic E-state index is 0.790. The van der Waals surface area contributed by atoms with Crippen molar-refractivity contribution in [3.8, 4) is 0 Å². The Morgan fingerprint density at radius 2 is 2.00 bits per heavy atom. The Morgan fingerprint density at radius 1 is 1.19 bits per heavy atom. The lowest BCUT2D eigenvalue weighted by Crippen LogP contribution is -1.92. The van der Waals surface area contributed by atoms with Crippen molar-refractivity contribution >= 4 is 33.0 Å². The van der Waals surface area contributed by atoms with Gasteiger partial charge in [-0.3, -0.25) is 0 Å². The maximum absolute atomic E-state index is 5.29. The molecule has 16 heavy (non-hydrogen) atoms. The van der Waals surface area contributed by atoms with Crippen LogP contribution in [0.25, 0.3) is 0 Å². The summed E-state index contributed by atoms with van der Waals surface area (Å²) in [7, 11) is 0. The van der Waals surface area contributed by atoms with Gasteiger partial charge in [-0.25, -0.2) is 0 Å². The van der Waals surface area contributed by atoms with Crippen molar-refractivity contribution in [2.75, 3.05) is 0 Å². The monoisotopic (exact) mass is 295 g/mol. The molecule has 2 nitrogen and oxygen atoms in total. The first-order valence-electron chi connectivity index (χ1n) is 4.79. The second-order valence-corrected chi connectivity index (χ2v) is 4.46. The highest BCUT2D eigenvalue weighted by Gasteiger charge is 2.07. The molecule has 0 bridgehead atoms. The number of hydrogen-bond acceptors (Lipinski definition) is 3. The summed E-state index contributed by atoms with van der Waals surface area (Å²) < 4.78 is 9.34. The molecule has 0 atom stereocenters. The molecular formula is C12H10BrNOS. The summed E-state index contributed by atoms with van der Waals surface area (Å²) in [6.45, 7) is 0. The van der Waals surface area contributed by atoms with Crippen LogP contribution in [0.1, 0.15) is 11.3 Å².